The molecule has 1 rings (SSSR count). The van der Waals surface area contributed by atoms with E-state index in [1.54, 1.807) is 27.8 Å². The first-order valence-corrected chi connectivity index (χ1v) is 8.23. The van der Waals surface area contributed by atoms with Gasteiger partial charge >= 0.3 is 5.97 Å². The van der Waals surface area contributed by atoms with E-state index in [0.29, 0.717) is 13.1 Å². The molecule has 0 unspecified atom stereocenters. The number of carbonyl (C=O) groups is 2. The Labute approximate surface area is 150 Å². The van der Waals surface area contributed by atoms with Crippen LogP contribution in [0.15, 0.2) is 30.3 Å². The minimum absolute atomic E-state index is 0.123. The van der Waals surface area contributed by atoms with Crippen LogP contribution in [0.1, 0.15) is 26.3 Å². The maximum atomic E-state index is 12.6. The first kappa shape index (κ1) is 20.7. The van der Waals surface area contributed by atoms with Gasteiger partial charge in [0, 0.05) is 20.1 Å². The summed E-state index contributed by atoms with van der Waals surface area (Å²) in [6, 6.07) is 11.9. The topological polar surface area (TPSA) is 73.6 Å². The second-order valence-corrected chi connectivity index (χ2v) is 6.70. The number of nitriles is 1. The summed E-state index contributed by atoms with van der Waals surface area (Å²) in [7, 11) is 2.98. The molecular formula is C19H27N3O3. The highest BCUT2D eigenvalue weighted by Gasteiger charge is 2.29. The number of ether oxygens (including phenoxy) is 1. The standard InChI is InChI=1S/C19H27N3O3/c1-15(18(24)25-5)11-22(12-16-9-7-6-8-10-16)13-17(23)21(4)19(2,3)14-20/h6-10,15H,11-13H2,1-5H3/t15-/m0/s1. The van der Waals surface area contributed by atoms with E-state index in [1.165, 1.54) is 12.0 Å². The van der Waals surface area contributed by atoms with E-state index in [0.717, 1.165) is 5.56 Å². The number of benzene rings is 1. The van der Waals surface area contributed by atoms with Crippen LogP contribution in [0.5, 0.6) is 0 Å². The third-order valence-electron chi connectivity index (χ3n) is 4.23. The molecule has 1 aromatic rings. The van der Waals surface area contributed by atoms with E-state index < -0.39 is 5.54 Å². The second kappa shape index (κ2) is 9.19. The van der Waals surface area contributed by atoms with E-state index >= 15 is 0 Å². The number of hydrogen-bond acceptors (Lipinski definition) is 5. The number of hydrogen-bond donors (Lipinski definition) is 0. The summed E-state index contributed by atoms with van der Waals surface area (Å²) in [5.74, 6) is -0.827. The Hall–Kier alpha value is -2.39. The summed E-state index contributed by atoms with van der Waals surface area (Å²) < 4.78 is 4.78. The highest BCUT2D eigenvalue weighted by Crippen LogP contribution is 2.13. The lowest BCUT2D eigenvalue weighted by atomic mass is 10.1. The van der Waals surface area contributed by atoms with Crippen LogP contribution in [0.4, 0.5) is 0 Å². The van der Waals surface area contributed by atoms with E-state index in [2.05, 4.69) is 6.07 Å². The molecule has 6 heteroatoms. The molecule has 25 heavy (non-hydrogen) atoms. The van der Waals surface area contributed by atoms with Gasteiger partial charge in [-0.05, 0) is 19.4 Å². The first-order chi connectivity index (χ1) is 11.7. The first-order valence-electron chi connectivity index (χ1n) is 8.23. The normalized spacial score (nSPS) is 12.4. The summed E-state index contributed by atoms with van der Waals surface area (Å²) >= 11 is 0. The molecule has 0 saturated carbocycles. The Kier molecular flexibility index (Phi) is 7.59. The Bertz CT molecular complexity index is 623. The zero-order valence-electron chi connectivity index (χ0n) is 15.7. The molecule has 0 saturated heterocycles. The monoisotopic (exact) mass is 345 g/mol. The Morgan fingerprint density at radius 1 is 1.28 bits per heavy atom. The van der Waals surface area contributed by atoms with Gasteiger partial charge in [-0.2, -0.15) is 5.26 Å². The summed E-state index contributed by atoms with van der Waals surface area (Å²) in [5.41, 5.74) is 0.165. The fourth-order valence-electron chi connectivity index (χ4n) is 2.37. The third kappa shape index (κ3) is 6.20. The molecule has 6 nitrogen and oxygen atoms in total. The lowest BCUT2D eigenvalue weighted by Crippen LogP contribution is -2.48. The van der Waals surface area contributed by atoms with Gasteiger partial charge in [-0.15, -0.1) is 0 Å². The summed E-state index contributed by atoms with van der Waals surface area (Å²) in [6.45, 7) is 6.23. The van der Waals surface area contributed by atoms with Crippen molar-refractivity contribution in [3.63, 3.8) is 0 Å². The number of carbonyl (C=O) groups excluding carboxylic acids is 2. The molecule has 0 aromatic heterocycles. The van der Waals surface area contributed by atoms with Crippen LogP contribution in [0.3, 0.4) is 0 Å². The van der Waals surface area contributed by atoms with Crippen molar-refractivity contribution in [3.05, 3.63) is 35.9 Å². The quantitative estimate of drug-likeness (QED) is 0.674. The second-order valence-electron chi connectivity index (χ2n) is 6.70. The Balaban J connectivity index is 2.88. The van der Waals surface area contributed by atoms with Gasteiger partial charge in [0.05, 0.1) is 25.6 Å². The molecule has 0 spiro atoms. The molecule has 1 atom stereocenters. The lowest BCUT2D eigenvalue weighted by molar-refractivity contribution is -0.146. The minimum Gasteiger partial charge on any atom is -0.469 e. The fourth-order valence-corrected chi connectivity index (χ4v) is 2.37. The lowest BCUT2D eigenvalue weighted by Gasteiger charge is -2.32. The predicted octanol–water partition coefficient (Wildman–Crippen LogP) is 2.06. The van der Waals surface area contributed by atoms with Gasteiger partial charge in [-0.3, -0.25) is 14.5 Å². The van der Waals surface area contributed by atoms with Crippen molar-refractivity contribution in [3.8, 4) is 6.07 Å². The molecule has 0 aliphatic carbocycles. The molecule has 0 bridgehead atoms. The average molecular weight is 345 g/mol. The molecule has 0 aliphatic heterocycles. The molecule has 0 aliphatic rings. The van der Waals surface area contributed by atoms with Gasteiger partial charge in [0.25, 0.3) is 0 Å². The number of amides is 1. The number of methoxy groups -OCH3 is 1. The van der Waals surface area contributed by atoms with Crippen LogP contribution >= 0.6 is 0 Å². The summed E-state index contributed by atoms with van der Waals surface area (Å²) in [5, 5.41) is 9.21. The van der Waals surface area contributed by atoms with Gasteiger partial charge < -0.3 is 9.64 Å². The van der Waals surface area contributed by atoms with Crippen molar-refractivity contribution in [2.24, 2.45) is 5.92 Å². The van der Waals surface area contributed by atoms with E-state index in [4.69, 9.17) is 4.74 Å². The van der Waals surface area contributed by atoms with Crippen LogP contribution in [0.2, 0.25) is 0 Å². The minimum atomic E-state index is -0.885. The van der Waals surface area contributed by atoms with Crippen LogP contribution in [-0.2, 0) is 20.9 Å². The van der Waals surface area contributed by atoms with Crippen LogP contribution in [0, 0.1) is 17.2 Å². The van der Waals surface area contributed by atoms with Crippen molar-refractivity contribution in [2.45, 2.75) is 32.9 Å². The van der Waals surface area contributed by atoms with Crippen LogP contribution < -0.4 is 0 Å². The Morgan fingerprint density at radius 3 is 2.40 bits per heavy atom. The van der Waals surface area contributed by atoms with Gasteiger partial charge in [0.2, 0.25) is 5.91 Å². The third-order valence-corrected chi connectivity index (χ3v) is 4.23. The molecule has 0 radical (unpaired) electrons. The fraction of sp³-hybridized carbons (Fsp3) is 0.526. The average Bonchev–Trinajstić information content (AvgIpc) is 2.60. The highest BCUT2D eigenvalue weighted by molar-refractivity contribution is 5.79. The number of esters is 1. The molecule has 1 aromatic carbocycles. The highest BCUT2D eigenvalue weighted by atomic mass is 16.5. The van der Waals surface area contributed by atoms with Gasteiger partial charge in [-0.25, -0.2) is 0 Å². The zero-order chi connectivity index (χ0) is 19.0. The molecule has 136 valence electrons. The maximum Gasteiger partial charge on any atom is 0.309 e. The van der Waals surface area contributed by atoms with Gasteiger partial charge in [-0.1, -0.05) is 37.3 Å². The number of rotatable bonds is 8. The van der Waals surface area contributed by atoms with Gasteiger partial charge in [0.1, 0.15) is 5.54 Å². The zero-order valence-corrected chi connectivity index (χ0v) is 15.7. The largest absolute Gasteiger partial charge is 0.469 e. The van der Waals surface area contributed by atoms with Crippen LogP contribution in [-0.4, -0.2) is 54.5 Å². The molecule has 0 heterocycles. The summed E-state index contributed by atoms with van der Waals surface area (Å²) in [6.07, 6.45) is 0. The Morgan fingerprint density at radius 2 is 1.88 bits per heavy atom. The van der Waals surface area contributed by atoms with Gasteiger partial charge in [0.15, 0.2) is 0 Å². The van der Waals surface area contributed by atoms with E-state index in [1.807, 2.05) is 35.2 Å². The van der Waals surface area contributed by atoms with E-state index in [-0.39, 0.29) is 24.3 Å². The van der Waals surface area contributed by atoms with Crippen molar-refractivity contribution in [1.82, 2.24) is 9.80 Å². The molecule has 0 N–H and O–H groups in total. The predicted molar refractivity (Wildman–Crippen MR) is 95.4 cm³/mol. The SMILES string of the molecule is COC(=O)[C@@H](C)CN(CC(=O)N(C)C(C)(C)C#N)Cc1ccccc1. The van der Waals surface area contributed by atoms with E-state index in [9.17, 15) is 14.9 Å². The number of likely N-dealkylation sites (N-methyl/N-ethyl adjacent to an activating group) is 1. The van der Waals surface area contributed by atoms with Crippen molar-refractivity contribution < 1.29 is 14.3 Å². The van der Waals surface area contributed by atoms with Crippen molar-refractivity contribution >= 4 is 11.9 Å². The molecule has 0 fully saturated rings. The molecular weight excluding hydrogens is 318 g/mol. The van der Waals surface area contributed by atoms with Crippen molar-refractivity contribution in [2.75, 3.05) is 27.2 Å². The summed E-state index contributed by atoms with van der Waals surface area (Å²) in [4.78, 5) is 27.7. The maximum absolute atomic E-state index is 12.6. The molecule has 1 amide bonds. The van der Waals surface area contributed by atoms with Crippen molar-refractivity contribution in [1.29, 1.82) is 5.26 Å². The number of nitrogens with zero attached hydrogens (tertiary/aromatic N) is 3. The van der Waals surface area contributed by atoms with Crippen LogP contribution in [0.25, 0.3) is 0 Å². The smallest absolute Gasteiger partial charge is 0.309 e.